The van der Waals surface area contributed by atoms with Gasteiger partial charge in [0.25, 0.3) is 0 Å². The van der Waals surface area contributed by atoms with E-state index in [0.29, 0.717) is 22.6 Å². The average Bonchev–Trinajstić information content (AvgIpc) is 2.97. The van der Waals surface area contributed by atoms with Crippen LogP contribution >= 0.6 is 0 Å². The molecule has 0 saturated heterocycles. The lowest BCUT2D eigenvalue weighted by Crippen LogP contribution is -2.24. The van der Waals surface area contributed by atoms with E-state index in [4.69, 9.17) is 14.2 Å². The summed E-state index contributed by atoms with van der Waals surface area (Å²) in [5.74, 6) is -1.59. The van der Waals surface area contributed by atoms with Crippen LogP contribution < -0.4 is 10.1 Å². The predicted molar refractivity (Wildman–Crippen MR) is 147 cm³/mol. The molecule has 0 heterocycles. The monoisotopic (exact) mass is 545 g/mol. The molecule has 0 bridgehead atoms. The van der Waals surface area contributed by atoms with E-state index in [0.717, 1.165) is 0 Å². The second kappa shape index (κ2) is 14.4. The molecule has 0 fully saturated rings. The fraction of sp³-hybridized carbons (Fsp3) is 0.258. The molecule has 0 radical (unpaired) electrons. The van der Waals surface area contributed by atoms with Gasteiger partial charge in [-0.05, 0) is 68.8 Å². The fourth-order valence-electron chi connectivity index (χ4n) is 3.73. The third-order valence-corrected chi connectivity index (χ3v) is 5.95. The van der Waals surface area contributed by atoms with Gasteiger partial charge in [-0.15, -0.1) is 0 Å². The van der Waals surface area contributed by atoms with E-state index >= 15 is 0 Å². The van der Waals surface area contributed by atoms with Gasteiger partial charge >= 0.3 is 11.9 Å². The second-order valence-corrected chi connectivity index (χ2v) is 8.98. The molecule has 1 N–H and O–H groups in total. The Labute approximate surface area is 232 Å². The molecule has 208 valence electrons. The molecule has 3 aromatic carbocycles. The van der Waals surface area contributed by atoms with Gasteiger partial charge in [-0.25, -0.2) is 4.79 Å². The topological polar surface area (TPSA) is 125 Å². The number of carbonyl (C=O) groups excluding carboxylic acids is 5. The van der Waals surface area contributed by atoms with Crippen molar-refractivity contribution < 1.29 is 38.2 Å². The summed E-state index contributed by atoms with van der Waals surface area (Å²) >= 11 is 0. The molecule has 0 aromatic heterocycles. The molecule has 9 heteroatoms. The maximum Gasteiger partial charge on any atom is 0.338 e. The second-order valence-electron chi connectivity index (χ2n) is 8.98. The zero-order valence-corrected chi connectivity index (χ0v) is 22.5. The van der Waals surface area contributed by atoms with E-state index in [1.807, 2.05) is 0 Å². The van der Waals surface area contributed by atoms with Crippen LogP contribution in [0.4, 0.5) is 5.69 Å². The van der Waals surface area contributed by atoms with Gasteiger partial charge in [0.15, 0.2) is 12.2 Å². The highest BCUT2D eigenvalue weighted by molar-refractivity contribution is 6.02. The molecule has 9 nitrogen and oxygen atoms in total. The maximum atomic E-state index is 12.4. The smallest absolute Gasteiger partial charge is 0.338 e. The van der Waals surface area contributed by atoms with Crippen molar-refractivity contribution in [3.63, 3.8) is 0 Å². The fourth-order valence-corrected chi connectivity index (χ4v) is 3.73. The lowest BCUT2D eigenvalue weighted by molar-refractivity contribution is -0.146. The number of rotatable bonds is 13. The van der Waals surface area contributed by atoms with Crippen molar-refractivity contribution in [3.05, 3.63) is 95.6 Å². The first-order valence-corrected chi connectivity index (χ1v) is 12.8. The van der Waals surface area contributed by atoms with Crippen molar-refractivity contribution in [2.24, 2.45) is 0 Å². The number of carbonyl (C=O) groups is 5. The molecule has 1 amide bonds. The van der Waals surface area contributed by atoms with Crippen LogP contribution in [0.15, 0.2) is 78.9 Å². The van der Waals surface area contributed by atoms with Crippen LogP contribution in [0, 0.1) is 0 Å². The number of nitrogens with one attached hydrogen (secondary N) is 1. The van der Waals surface area contributed by atoms with Crippen molar-refractivity contribution >= 4 is 35.1 Å². The quantitative estimate of drug-likeness (QED) is 0.234. The molecular formula is C31H31NO8. The summed E-state index contributed by atoms with van der Waals surface area (Å²) in [5.41, 5.74) is 1.53. The highest BCUT2D eigenvalue weighted by Gasteiger charge is 2.21. The van der Waals surface area contributed by atoms with Crippen LogP contribution in [-0.4, -0.2) is 48.7 Å². The first-order valence-electron chi connectivity index (χ1n) is 12.8. The number of anilines is 1. The number of methoxy groups -OCH3 is 1. The van der Waals surface area contributed by atoms with Crippen LogP contribution in [0.3, 0.4) is 0 Å². The Balaban J connectivity index is 1.39. The van der Waals surface area contributed by atoms with Gasteiger partial charge in [0.1, 0.15) is 5.75 Å². The van der Waals surface area contributed by atoms with Crippen molar-refractivity contribution in [1.29, 1.82) is 0 Å². The number of benzene rings is 3. The molecule has 3 rings (SSSR count). The molecule has 0 aliphatic heterocycles. The van der Waals surface area contributed by atoms with Crippen molar-refractivity contribution in [2.45, 2.75) is 45.3 Å². The Kier molecular flexibility index (Phi) is 10.7. The highest BCUT2D eigenvalue weighted by atomic mass is 16.5. The molecule has 3 aromatic rings. The van der Waals surface area contributed by atoms with E-state index in [2.05, 4.69) is 5.32 Å². The lowest BCUT2D eigenvalue weighted by Gasteiger charge is -2.13. The predicted octanol–water partition coefficient (Wildman–Crippen LogP) is 5.05. The first-order chi connectivity index (χ1) is 19.2. The summed E-state index contributed by atoms with van der Waals surface area (Å²) in [4.78, 5) is 61.7. The Bertz CT molecular complexity index is 1330. The summed E-state index contributed by atoms with van der Waals surface area (Å²) in [6.45, 7) is 3.01. The summed E-state index contributed by atoms with van der Waals surface area (Å²) < 4.78 is 15.6. The number of hydrogen-bond donors (Lipinski definition) is 1. The molecule has 0 spiro atoms. The minimum atomic E-state index is -0.959. The molecule has 0 unspecified atom stereocenters. The molecule has 2 atom stereocenters. The molecule has 0 aliphatic carbocycles. The van der Waals surface area contributed by atoms with Crippen LogP contribution in [0.2, 0.25) is 0 Å². The van der Waals surface area contributed by atoms with E-state index in [9.17, 15) is 24.0 Å². The lowest BCUT2D eigenvalue weighted by atomic mass is 10.1. The number of esters is 2. The number of hydrogen-bond acceptors (Lipinski definition) is 8. The van der Waals surface area contributed by atoms with E-state index in [1.165, 1.54) is 33.1 Å². The van der Waals surface area contributed by atoms with Gasteiger partial charge in [0.2, 0.25) is 17.5 Å². The Morgan fingerprint density at radius 3 is 1.82 bits per heavy atom. The van der Waals surface area contributed by atoms with Gasteiger partial charge in [-0.3, -0.25) is 19.2 Å². The third-order valence-electron chi connectivity index (χ3n) is 5.95. The average molecular weight is 546 g/mol. The zero-order valence-electron chi connectivity index (χ0n) is 22.5. The number of Topliss-reactive ketones (excluding diaryl/α,β-unsaturated/α-hetero) is 2. The van der Waals surface area contributed by atoms with Crippen molar-refractivity contribution in [1.82, 2.24) is 0 Å². The van der Waals surface area contributed by atoms with Gasteiger partial charge in [-0.1, -0.05) is 30.3 Å². The van der Waals surface area contributed by atoms with E-state index in [-0.39, 0.29) is 42.3 Å². The summed E-state index contributed by atoms with van der Waals surface area (Å²) in [6, 6.07) is 21.1. The standard InChI is InChI=1S/C31H31NO8/c1-20(29(35)23-14-18-26(38-3)19-15-23)39-28(34)11-7-10-27(33)32-25-16-12-24(13-17-25)31(37)40-21(2)30(36)22-8-5-4-6-9-22/h4-6,8-9,12-21H,7,10-11H2,1-3H3,(H,32,33)/t20-,21-/m0/s1. The van der Waals surface area contributed by atoms with Crippen molar-refractivity contribution in [2.75, 3.05) is 12.4 Å². The van der Waals surface area contributed by atoms with Crippen LogP contribution in [0.5, 0.6) is 5.75 Å². The zero-order chi connectivity index (χ0) is 29.1. The molecule has 40 heavy (non-hydrogen) atoms. The molecule has 0 saturated carbocycles. The normalized spacial score (nSPS) is 12.0. The minimum absolute atomic E-state index is 0.0294. The summed E-state index contributed by atoms with van der Waals surface area (Å²) in [5, 5.41) is 2.69. The summed E-state index contributed by atoms with van der Waals surface area (Å²) in [6.07, 6.45) is -1.66. The third kappa shape index (κ3) is 8.62. The largest absolute Gasteiger partial charge is 0.497 e. The van der Waals surface area contributed by atoms with Crippen LogP contribution in [0.1, 0.15) is 64.2 Å². The van der Waals surface area contributed by atoms with Gasteiger partial charge < -0.3 is 19.5 Å². The number of amides is 1. The minimum Gasteiger partial charge on any atom is -0.497 e. The first kappa shape index (κ1) is 29.8. The highest BCUT2D eigenvalue weighted by Crippen LogP contribution is 2.16. The van der Waals surface area contributed by atoms with Gasteiger partial charge in [-0.2, -0.15) is 0 Å². The Morgan fingerprint density at radius 2 is 1.23 bits per heavy atom. The number of ketones is 2. The van der Waals surface area contributed by atoms with E-state index in [1.54, 1.807) is 66.7 Å². The van der Waals surface area contributed by atoms with Gasteiger partial charge in [0, 0.05) is 29.7 Å². The van der Waals surface area contributed by atoms with E-state index < -0.39 is 24.1 Å². The maximum absolute atomic E-state index is 12.4. The van der Waals surface area contributed by atoms with Crippen molar-refractivity contribution in [3.8, 4) is 5.75 Å². The molecular weight excluding hydrogens is 514 g/mol. The summed E-state index contributed by atoms with van der Waals surface area (Å²) in [7, 11) is 1.52. The Morgan fingerprint density at radius 1 is 0.675 bits per heavy atom. The number of ether oxygens (including phenoxy) is 3. The van der Waals surface area contributed by atoms with Crippen LogP contribution in [-0.2, 0) is 19.1 Å². The molecule has 0 aliphatic rings. The van der Waals surface area contributed by atoms with Crippen LogP contribution in [0.25, 0.3) is 0 Å². The Hall–Kier alpha value is -4.79. The van der Waals surface area contributed by atoms with Gasteiger partial charge in [0.05, 0.1) is 12.7 Å². The SMILES string of the molecule is COc1ccc(C(=O)[C@H](C)OC(=O)CCCC(=O)Nc2ccc(C(=O)O[C@@H](C)C(=O)c3ccccc3)cc2)cc1.